The van der Waals surface area contributed by atoms with Gasteiger partial charge in [-0.25, -0.2) is 9.97 Å². The molecule has 296 valence electrons. The molecule has 0 amide bonds. The van der Waals surface area contributed by atoms with Crippen LogP contribution in [0.5, 0.6) is 0 Å². The first-order valence-corrected chi connectivity index (χ1v) is 19.7. The molecule has 10 heteroatoms. The molecule has 4 aromatic carbocycles. The Morgan fingerprint density at radius 1 is 0.627 bits per heavy atom. The number of nitrogens with zero attached hydrogens (tertiary/aromatic N) is 9. The van der Waals surface area contributed by atoms with Crippen LogP contribution in [0.2, 0.25) is 0 Å². The smallest absolute Gasteiger partial charge is 0.657 e. The molecule has 2 aliphatic heterocycles. The SMILES string of the molecule is CC(C)c1cc(C(C)C)c(-c2cc(N3[CH-]N(C)c4cccnc43)[c-]c(N3[CH-]N(C)c4cccnc43)c2)c(C(C)C)c1.N#Cc1ccc2[n-]c3ccc(C#N)cc3c2c1.[Pt+4]. The molecule has 9 rings (SSSR count). The van der Waals surface area contributed by atoms with E-state index in [2.05, 4.69) is 148 Å². The summed E-state index contributed by atoms with van der Waals surface area (Å²) in [6.45, 7) is 18.0. The van der Waals surface area contributed by atoms with Crippen LogP contribution in [0.15, 0.2) is 97.3 Å². The number of rotatable bonds is 6. The molecular formula is C49H45N9Pt. The molecule has 0 unspecified atom stereocenters. The van der Waals surface area contributed by atoms with Crippen LogP contribution in [-0.2, 0) is 21.1 Å². The molecule has 0 aliphatic carbocycles. The van der Waals surface area contributed by atoms with Gasteiger partial charge in [0.2, 0.25) is 0 Å². The van der Waals surface area contributed by atoms with Crippen molar-refractivity contribution < 1.29 is 21.1 Å². The molecule has 0 radical (unpaired) electrons. The number of benzene rings is 4. The fourth-order valence-corrected chi connectivity index (χ4v) is 7.83. The van der Waals surface area contributed by atoms with Crippen LogP contribution >= 0.6 is 0 Å². The Balaban J connectivity index is 0.000000244. The second-order valence-electron chi connectivity index (χ2n) is 15.9. The summed E-state index contributed by atoms with van der Waals surface area (Å²) in [4.78, 5) is 22.5. The van der Waals surface area contributed by atoms with E-state index in [-0.39, 0.29) is 21.1 Å². The zero-order valence-corrected chi connectivity index (χ0v) is 36.7. The van der Waals surface area contributed by atoms with Crippen molar-refractivity contribution in [2.45, 2.75) is 59.3 Å². The van der Waals surface area contributed by atoms with Crippen molar-refractivity contribution in [2.24, 2.45) is 0 Å². The van der Waals surface area contributed by atoms with Crippen LogP contribution in [0.3, 0.4) is 0 Å². The van der Waals surface area contributed by atoms with Crippen LogP contribution in [0.25, 0.3) is 32.9 Å². The van der Waals surface area contributed by atoms with Crippen molar-refractivity contribution in [3.63, 3.8) is 0 Å². The first-order valence-electron chi connectivity index (χ1n) is 19.7. The molecule has 59 heavy (non-hydrogen) atoms. The number of aromatic nitrogens is 3. The van der Waals surface area contributed by atoms with Gasteiger partial charge in [0, 0.05) is 23.8 Å². The van der Waals surface area contributed by atoms with E-state index in [1.165, 1.54) is 27.8 Å². The summed E-state index contributed by atoms with van der Waals surface area (Å²) in [7, 11) is 4.13. The van der Waals surface area contributed by atoms with Crippen LogP contribution < -0.4 is 24.6 Å². The van der Waals surface area contributed by atoms with E-state index in [1.54, 1.807) is 12.1 Å². The van der Waals surface area contributed by atoms with Crippen LogP contribution in [0, 0.1) is 42.1 Å². The van der Waals surface area contributed by atoms with Gasteiger partial charge in [-0.1, -0.05) is 65.8 Å². The van der Waals surface area contributed by atoms with Crippen molar-refractivity contribution in [1.82, 2.24) is 15.0 Å². The van der Waals surface area contributed by atoms with Gasteiger partial charge in [0.15, 0.2) is 0 Å². The fraction of sp³-hybridized carbons (Fsp3) is 0.224. The minimum atomic E-state index is 0. The summed E-state index contributed by atoms with van der Waals surface area (Å²) in [6, 6.07) is 36.3. The van der Waals surface area contributed by atoms with E-state index < -0.39 is 0 Å². The largest absolute Gasteiger partial charge is 4.00 e. The second-order valence-corrected chi connectivity index (χ2v) is 15.9. The van der Waals surface area contributed by atoms with Crippen molar-refractivity contribution in [1.29, 1.82) is 10.5 Å². The van der Waals surface area contributed by atoms with E-state index in [0.717, 1.165) is 56.2 Å². The van der Waals surface area contributed by atoms with E-state index >= 15 is 0 Å². The Bertz CT molecular complexity index is 2600. The van der Waals surface area contributed by atoms with Gasteiger partial charge in [0.1, 0.15) is 11.6 Å². The Hall–Kier alpha value is -6.15. The van der Waals surface area contributed by atoms with Gasteiger partial charge in [-0.2, -0.15) is 23.9 Å². The molecule has 0 saturated heterocycles. The van der Waals surface area contributed by atoms with Gasteiger partial charge >= 0.3 is 21.1 Å². The number of pyridine rings is 2. The molecule has 2 aliphatic rings. The minimum absolute atomic E-state index is 0. The van der Waals surface area contributed by atoms with E-state index in [0.29, 0.717) is 28.9 Å². The fourth-order valence-electron chi connectivity index (χ4n) is 7.83. The molecule has 0 N–H and O–H groups in total. The molecule has 0 atom stereocenters. The standard InChI is InChI=1S/C35H39N6.C14H6N3.Pt/c1-22(2)25-17-29(23(3)4)33(30(18-25)24(5)6)26-15-27(40-20-38(7)31-11-9-13-36-34(31)40)19-28(16-26)41-21-39(8)32-12-10-14-37-35(32)41;15-7-9-1-3-13-11(5-9)12-6-10(8-16)2-4-14(12)17-13;/h9-18,20-24H,1-8H3;1-6H;/q-3;-1;+4. The number of anilines is 6. The van der Waals surface area contributed by atoms with E-state index in [9.17, 15) is 0 Å². The molecular weight excluding hydrogens is 910 g/mol. The number of fused-ring (bicyclic) bond motifs is 5. The quantitative estimate of drug-likeness (QED) is 0.151. The third-order valence-electron chi connectivity index (χ3n) is 10.9. The molecule has 5 heterocycles. The third kappa shape index (κ3) is 7.64. The normalized spacial score (nSPS) is 13.1. The summed E-state index contributed by atoms with van der Waals surface area (Å²) in [6.07, 6.45) is 3.71. The van der Waals surface area contributed by atoms with Gasteiger partial charge in [0.05, 0.1) is 23.3 Å². The Kier molecular flexibility index (Phi) is 11.5. The van der Waals surface area contributed by atoms with Gasteiger partial charge in [0.25, 0.3) is 0 Å². The van der Waals surface area contributed by atoms with Crippen LogP contribution in [0.1, 0.15) is 87.1 Å². The number of nitriles is 2. The van der Waals surface area contributed by atoms with Gasteiger partial charge in [-0.3, -0.25) is 0 Å². The Morgan fingerprint density at radius 2 is 1.08 bits per heavy atom. The van der Waals surface area contributed by atoms with Crippen molar-refractivity contribution >= 4 is 56.2 Å². The molecule has 0 saturated carbocycles. The third-order valence-corrected chi connectivity index (χ3v) is 10.9. The summed E-state index contributed by atoms with van der Waals surface area (Å²) in [5.74, 6) is 3.01. The molecule has 0 fully saturated rings. The summed E-state index contributed by atoms with van der Waals surface area (Å²) in [5.41, 5.74) is 13.6. The Labute approximate surface area is 361 Å². The first-order chi connectivity index (χ1) is 27.9. The molecule has 0 bridgehead atoms. The van der Waals surface area contributed by atoms with Crippen molar-refractivity contribution in [3.05, 3.63) is 145 Å². The van der Waals surface area contributed by atoms with Gasteiger partial charge in [-0.15, -0.1) is 46.2 Å². The van der Waals surface area contributed by atoms with E-state index in [1.807, 2.05) is 48.8 Å². The van der Waals surface area contributed by atoms with Crippen molar-refractivity contribution in [2.75, 3.05) is 33.7 Å². The first kappa shape index (κ1) is 41.0. The average Bonchev–Trinajstić information content (AvgIpc) is 3.90. The van der Waals surface area contributed by atoms with Crippen LogP contribution in [-0.4, -0.2) is 24.1 Å². The molecule has 9 nitrogen and oxygen atoms in total. The molecule has 3 aromatic heterocycles. The number of hydrogen-bond acceptors (Lipinski definition) is 8. The average molecular weight is 955 g/mol. The molecule has 7 aromatic rings. The zero-order chi connectivity index (χ0) is 40.8. The molecule has 0 spiro atoms. The maximum atomic E-state index is 8.88. The minimum Gasteiger partial charge on any atom is -0.657 e. The number of hydrogen-bond donors (Lipinski definition) is 0. The summed E-state index contributed by atoms with van der Waals surface area (Å²) < 4.78 is 0. The van der Waals surface area contributed by atoms with Gasteiger partial charge < -0.3 is 24.6 Å². The second kappa shape index (κ2) is 16.6. The predicted octanol–water partition coefficient (Wildman–Crippen LogP) is 11.4. The maximum Gasteiger partial charge on any atom is 4.00 e. The van der Waals surface area contributed by atoms with E-state index in [4.69, 9.17) is 20.5 Å². The van der Waals surface area contributed by atoms with Crippen molar-refractivity contribution in [3.8, 4) is 23.3 Å². The zero-order valence-electron chi connectivity index (χ0n) is 34.5. The summed E-state index contributed by atoms with van der Waals surface area (Å²) in [5, 5.41) is 19.6. The maximum absolute atomic E-state index is 8.88. The van der Waals surface area contributed by atoms with Crippen LogP contribution in [0.4, 0.5) is 34.4 Å². The van der Waals surface area contributed by atoms with Gasteiger partial charge in [-0.05, 0) is 113 Å². The topological polar surface area (TPSA) is 100 Å². The Morgan fingerprint density at radius 3 is 1.49 bits per heavy atom. The predicted molar refractivity (Wildman–Crippen MR) is 235 cm³/mol. The monoisotopic (exact) mass is 954 g/mol. The summed E-state index contributed by atoms with van der Waals surface area (Å²) >= 11 is 0.